The first kappa shape index (κ1) is 20.5. The zero-order chi connectivity index (χ0) is 21.5. The number of hydrogen-bond donors (Lipinski definition) is 0. The highest BCUT2D eigenvalue weighted by Gasteiger charge is 2.22. The fourth-order valence-electron chi connectivity index (χ4n) is 3.87. The molecule has 4 aromatic rings. The molecule has 0 saturated heterocycles. The second-order valence-corrected chi connectivity index (χ2v) is 15.2. The lowest BCUT2D eigenvalue weighted by atomic mass is 9.82. The minimum atomic E-state index is -1.38. The van der Waals surface area contributed by atoms with Gasteiger partial charge in [0.2, 0.25) is 0 Å². The van der Waals surface area contributed by atoms with Crippen LogP contribution in [-0.4, -0.2) is 18.0 Å². The molecule has 1 aromatic heterocycles. The van der Waals surface area contributed by atoms with Gasteiger partial charge in [0.15, 0.2) is 0 Å². The summed E-state index contributed by atoms with van der Waals surface area (Å²) in [6.45, 7) is 14.1. The lowest BCUT2D eigenvalue weighted by Gasteiger charge is -2.25. The molecule has 0 atom stereocenters. The fourth-order valence-corrected chi connectivity index (χ4v) is 5.04. The minimum Gasteiger partial charge on any atom is -0.236 e. The van der Waals surface area contributed by atoms with Crippen molar-refractivity contribution in [3.63, 3.8) is 0 Å². The van der Waals surface area contributed by atoms with Gasteiger partial charge in [-0.25, -0.2) is 9.97 Å². The zero-order valence-corrected chi connectivity index (χ0v) is 19.8. The summed E-state index contributed by atoms with van der Waals surface area (Å²) in [6.07, 6.45) is 1.67. The maximum Gasteiger partial charge on any atom is 0.116 e. The van der Waals surface area contributed by atoms with E-state index in [0.29, 0.717) is 0 Å². The van der Waals surface area contributed by atoms with E-state index in [0.717, 1.165) is 22.5 Å². The molecule has 0 aliphatic carbocycles. The summed E-state index contributed by atoms with van der Waals surface area (Å²) in [6, 6.07) is 24.0. The average Bonchev–Trinajstić information content (AvgIpc) is 2.72. The first-order chi connectivity index (χ1) is 14.1. The van der Waals surface area contributed by atoms with Gasteiger partial charge in [0.05, 0.1) is 19.5 Å². The van der Waals surface area contributed by atoms with E-state index in [1.807, 2.05) is 18.2 Å². The third-order valence-electron chi connectivity index (χ3n) is 5.66. The van der Waals surface area contributed by atoms with Gasteiger partial charge < -0.3 is 0 Å². The van der Waals surface area contributed by atoms with Crippen LogP contribution in [0.1, 0.15) is 26.3 Å². The normalized spacial score (nSPS) is 12.3. The molecular weight excluding hydrogens is 380 g/mol. The van der Waals surface area contributed by atoms with E-state index in [-0.39, 0.29) is 5.41 Å². The number of aromatic nitrogens is 2. The molecule has 0 radical (unpaired) electrons. The molecule has 0 amide bonds. The average molecular weight is 411 g/mol. The Morgan fingerprint density at radius 1 is 0.700 bits per heavy atom. The lowest BCUT2D eigenvalue weighted by Crippen LogP contribution is -2.37. The van der Waals surface area contributed by atoms with Crippen molar-refractivity contribution in [2.75, 3.05) is 0 Å². The Kier molecular flexibility index (Phi) is 5.11. The predicted molar refractivity (Wildman–Crippen MR) is 132 cm³/mol. The Balaban J connectivity index is 1.91. The highest BCUT2D eigenvalue weighted by molar-refractivity contribution is 6.88. The molecule has 0 bridgehead atoms. The van der Waals surface area contributed by atoms with Crippen LogP contribution in [0.2, 0.25) is 19.6 Å². The van der Waals surface area contributed by atoms with Gasteiger partial charge in [-0.3, -0.25) is 0 Å². The molecule has 0 spiro atoms. The third-order valence-corrected chi connectivity index (χ3v) is 7.70. The van der Waals surface area contributed by atoms with Crippen LogP contribution < -0.4 is 5.19 Å². The molecule has 4 rings (SSSR count). The second-order valence-electron chi connectivity index (χ2n) is 10.1. The molecular formula is C27H30N2Si. The van der Waals surface area contributed by atoms with Crippen LogP contribution in [0.5, 0.6) is 0 Å². The number of benzene rings is 3. The van der Waals surface area contributed by atoms with Crippen molar-refractivity contribution in [2.24, 2.45) is 0 Å². The van der Waals surface area contributed by atoms with Gasteiger partial charge in [-0.1, -0.05) is 94.1 Å². The molecule has 0 N–H and O–H groups in total. The van der Waals surface area contributed by atoms with Crippen molar-refractivity contribution in [2.45, 2.75) is 45.8 Å². The van der Waals surface area contributed by atoms with Gasteiger partial charge in [0.25, 0.3) is 0 Å². The van der Waals surface area contributed by atoms with Crippen LogP contribution in [0.3, 0.4) is 0 Å². The summed E-state index contributed by atoms with van der Waals surface area (Å²) >= 11 is 0. The fraction of sp³-hybridized carbons (Fsp3) is 0.259. The van der Waals surface area contributed by atoms with Crippen LogP contribution in [0.15, 0.2) is 73.1 Å². The molecule has 0 aliphatic rings. The molecule has 30 heavy (non-hydrogen) atoms. The van der Waals surface area contributed by atoms with Crippen molar-refractivity contribution in [1.29, 1.82) is 0 Å². The second kappa shape index (κ2) is 7.48. The van der Waals surface area contributed by atoms with Crippen LogP contribution in [-0.2, 0) is 5.41 Å². The lowest BCUT2D eigenvalue weighted by molar-refractivity contribution is 0.596. The van der Waals surface area contributed by atoms with E-state index in [1.54, 1.807) is 6.33 Å². The highest BCUT2D eigenvalue weighted by Crippen LogP contribution is 2.35. The van der Waals surface area contributed by atoms with Crippen molar-refractivity contribution >= 4 is 24.0 Å². The van der Waals surface area contributed by atoms with Gasteiger partial charge in [0, 0.05) is 11.1 Å². The largest absolute Gasteiger partial charge is 0.236 e. The van der Waals surface area contributed by atoms with Crippen molar-refractivity contribution in [1.82, 2.24) is 9.97 Å². The Morgan fingerprint density at radius 2 is 1.37 bits per heavy atom. The van der Waals surface area contributed by atoms with E-state index in [2.05, 4.69) is 98.9 Å². The molecule has 3 aromatic carbocycles. The summed E-state index contributed by atoms with van der Waals surface area (Å²) in [5.41, 5.74) is 5.58. The maximum atomic E-state index is 4.62. The third kappa shape index (κ3) is 4.08. The van der Waals surface area contributed by atoms with E-state index < -0.39 is 8.07 Å². The topological polar surface area (TPSA) is 25.8 Å². The first-order valence-corrected chi connectivity index (χ1v) is 14.1. The van der Waals surface area contributed by atoms with Crippen LogP contribution >= 0.6 is 0 Å². The number of rotatable bonds is 3. The van der Waals surface area contributed by atoms with Crippen molar-refractivity contribution in [3.05, 3.63) is 78.6 Å². The van der Waals surface area contributed by atoms with Crippen molar-refractivity contribution in [3.8, 4) is 22.5 Å². The van der Waals surface area contributed by atoms with Crippen LogP contribution in [0.25, 0.3) is 33.3 Å². The number of fused-ring (bicyclic) bond motifs is 1. The summed E-state index contributed by atoms with van der Waals surface area (Å²) in [4.78, 5) is 9.12. The van der Waals surface area contributed by atoms with E-state index in [9.17, 15) is 0 Å². The molecule has 0 fully saturated rings. The Bertz CT molecular complexity index is 1200. The summed E-state index contributed by atoms with van der Waals surface area (Å²) in [5, 5.41) is 4.14. The van der Waals surface area contributed by atoms with Gasteiger partial charge in [0.1, 0.15) is 6.33 Å². The van der Waals surface area contributed by atoms with E-state index in [4.69, 9.17) is 0 Å². The Labute approximate surface area is 181 Å². The molecule has 152 valence electrons. The zero-order valence-electron chi connectivity index (χ0n) is 18.8. The highest BCUT2D eigenvalue weighted by atomic mass is 28.3. The van der Waals surface area contributed by atoms with Gasteiger partial charge in [-0.2, -0.15) is 0 Å². The Morgan fingerprint density at radius 3 is 2.00 bits per heavy atom. The van der Waals surface area contributed by atoms with Crippen LogP contribution in [0, 0.1) is 0 Å². The summed E-state index contributed by atoms with van der Waals surface area (Å²) in [5.74, 6) is 0. The van der Waals surface area contributed by atoms with E-state index >= 15 is 0 Å². The van der Waals surface area contributed by atoms with Crippen molar-refractivity contribution < 1.29 is 0 Å². The molecule has 0 unspecified atom stereocenters. The Hall–Kier alpha value is -2.78. The maximum absolute atomic E-state index is 4.62. The first-order valence-electron chi connectivity index (χ1n) is 10.6. The number of hydrogen-bond acceptors (Lipinski definition) is 2. The van der Waals surface area contributed by atoms with E-state index in [1.165, 1.54) is 21.5 Å². The van der Waals surface area contributed by atoms with Gasteiger partial charge >= 0.3 is 0 Å². The minimum absolute atomic E-state index is 0.0433. The summed E-state index contributed by atoms with van der Waals surface area (Å²) in [7, 11) is -1.38. The molecule has 0 aliphatic heterocycles. The standard InChI is InChI=1S/C27H30N2Si/c1-27(2,3)24-15-21(14-20-12-13-22(16-23(20)24)30(4,5)6)26-17-25(28-18-29-26)19-10-8-7-9-11-19/h7-18H,1-6H3. The van der Waals surface area contributed by atoms with Gasteiger partial charge in [-0.15, -0.1) is 0 Å². The smallest absolute Gasteiger partial charge is 0.116 e. The molecule has 0 saturated carbocycles. The molecule has 3 heteroatoms. The quantitative estimate of drug-likeness (QED) is 0.347. The SMILES string of the molecule is CC(C)(C)c1cc(-c2cc(-c3ccccc3)ncn2)cc2ccc([Si](C)(C)C)cc12. The monoisotopic (exact) mass is 410 g/mol. The van der Waals surface area contributed by atoms with Crippen LogP contribution in [0.4, 0.5) is 0 Å². The number of nitrogens with zero attached hydrogens (tertiary/aromatic N) is 2. The summed E-state index contributed by atoms with van der Waals surface area (Å²) < 4.78 is 0. The predicted octanol–water partition coefficient (Wildman–Crippen LogP) is 6.81. The molecule has 2 nitrogen and oxygen atoms in total. The van der Waals surface area contributed by atoms with Gasteiger partial charge in [-0.05, 0) is 39.9 Å². The molecule has 1 heterocycles.